The molecule has 1 N–H and O–H groups in total. The van der Waals surface area contributed by atoms with Crippen LogP contribution in [-0.4, -0.2) is 43.1 Å². The van der Waals surface area contributed by atoms with Gasteiger partial charge in [-0.3, -0.25) is 4.79 Å². The second kappa shape index (κ2) is 8.90. The first kappa shape index (κ1) is 17.8. The van der Waals surface area contributed by atoms with Gasteiger partial charge in [0.2, 0.25) is 5.91 Å². The minimum atomic E-state index is 0. The number of halogens is 1. The van der Waals surface area contributed by atoms with Crippen molar-refractivity contribution in [1.82, 2.24) is 10.2 Å². The van der Waals surface area contributed by atoms with Crippen molar-refractivity contribution in [3.8, 4) is 5.75 Å². The molecule has 1 aromatic rings. The van der Waals surface area contributed by atoms with Gasteiger partial charge in [-0.1, -0.05) is 18.2 Å². The van der Waals surface area contributed by atoms with Crippen molar-refractivity contribution < 1.29 is 9.53 Å². The summed E-state index contributed by atoms with van der Waals surface area (Å²) in [5.74, 6) is 1.14. The molecule has 1 aromatic carbocycles. The van der Waals surface area contributed by atoms with E-state index in [4.69, 9.17) is 4.74 Å². The quantitative estimate of drug-likeness (QED) is 0.907. The molecule has 0 aromatic heterocycles. The van der Waals surface area contributed by atoms with Crippen LogP contribution in [0.2, 0.25) is 0 Å². The Morgan fingerprint density at radius 2 is 2.19 bits per heavy atom. The van der Waals surface area contributed by atoms with E-state index in [1.165, 1.54) is 0 Å². The second-order valence-corrected chi connectivity index (χ2v) is 5.18. The molecule has 0 bridgehead atoms. The minimum Gasteiger partial charge on any atom is -0.494 e. The standard InChI is InChI=1S/C16H24N2O2.ClH/c1-3-20-15-7-5-4-6-14(15)8-9-16(19)18-11-10-17-12-13(18)2;/h4-7,13,17H,3,8-12H2,1-2H3;1H/t13-;/m0./s1. The summed E-state index contributed by atoms with van der Waals surface area (Å²) in [6.07, 6.45) is 1.29. The number of carbonyl (C=O) groups excluding carboxylic acids is 1. The van der Waals surface area contributed by atoms with Gasteiger partial charge in [0.25, 0.3) is 0 Å². The van der Waals surface area contributed by atoms with Crippen molar-refractivity contribution in [2.45, 2.75) is 32.7 Å². The number of nitrogens with zero attached hydrogens (tertiary/aromatic N) is 1. The van der Waals surface area contributed by atoms with Crippen LogP contribution in [0.5, 0.6) is 5.75 Å². The number of para-hydroxylation sites is 1. The molecule has 1 aliphatic rings. The lowest BCUT2D eigenvalue weighted by Crippen LogP contribution is -2.52. The lowest BCUT2D eigenvalue weighted by atomic mass is 10.1. The van der Waals surface area contributed by atoms with Crippen molar-refractivity contribution in [2.24, 2.45) is 0 Å². The molecule has 1 aliphatic heterocycles. The monoisotopic (exact) mass is 312 g/mol. The van der Waals surface area contributed by atoms with Crippen LogP contribution in [0, 0.1) is 0 Å². The number of carbonyl (C=O) groups is 1. The molecule has 0 radical (unpaired) electrons. The first-order valence-corrected chi connectivity index (χ1v) is 7.43. The molecular weight excluding hydrogens is 288 g/mol. The fraction of sp³-hybridized carbons (Fsp3) is 0.562. The van der Waals surface area contributed by atoms with Crippen molar-refractivity contribution in [3.05, 3.63) is 29.8 Å². The SMILES string of the molecule is CCOc1ccccc1CCC(=O)N1CCNC[C@@H]1C.Cl. The molecule has 21 heavy (non-hydrogen) atoms. The van der Waals surface area contributed by atoms with Crippen molar-refractivity contribution >= 4 is 18.3 Å². The number of piperazine rings is 1. The van der Waals surface area contributed by atoms with E-state index in [1.54, 1.807) is 0 Å². The maximum Gasteiger partial charge on any atom is 0.223 e. The lowest BCUT2D eigenvalue weighted by Gasteiger charge is -2.34. The third kappa shape index (κ3) is 4.90. The summed E-state index contributed by atoms with van der Waals surface area (Å²) in [5, 5.41) is 3.31. The molecule has 0 spiro atoms. The Morgan fingerprint density at radius 1 is 1.43 bits per heavy atom. The number of rotatable bonds is 5. The maximum absolute atomic E-state index is 12.3. The van der Waals surface area contributed by atoms with Gasteiger partial charge in [0, 0.05) is 32.1 Å². The Balaban J connectivity index is 0.00000220. The number of hydrogen-bond donors (Lipinski definition) is 1. The molecule has 1 fully saturated rings. The van der Waals surface area contributed by atoms with Gasteiger partial charge in [-0.05, 0) is 31.9 Å². The molecule has 118 valence electrons. The lowest BCUT2D eigenvalue weighted by molar-refractivity contribution is -0.133. The summed E-state index contributed by atoms with van der Waals surface area (Å²) in [6, 6.07) is 8.26. The number of amides is 1. The maximum atomic E-state index is 12.3. The fourth-order valence-electron chi connectivity index (χ4n) is 2.60. The van der Waals surface area contributed by atoms with E-state index in [0.29, 0.717) is 19.1 Å². The molecule has 4 nitrogen and oxygen atoms in total. The molecule has 0 saturated carbocycles. The highest BCUT2D eigenvalue weighted by atomic mass is 35.5. The third-order valence-electron chi connectivity index (χ3n) is 3.70. The van der Waals surface area contributed by atoms with Gasteiger partial charge in [0.1, 0.15) is 5.75 Å². The Kier molecular flexibility index (Phi) is 7.54. The highest BCUT2D eigenvalue weighted by Gasteiger charge is 2.22. The molecule has 2 rings (SSSR count). The molecule has 1 heterocycles. The van der Waals surface area contributed by atoms with E-state index in [9.17, 15) is 4.79 Å². The van der Waals surface area contributed by atoms with Crippen molar-refractivity contribution in [3.63, 3.8) is 0 Å². The molecular formula is C16H25ClN2O2. The summed E-state index contributed by atoms with van der Waals surface area (Å²) >= 11 is 0. The zero-order chi connectivity index (χ0) is 14.4. The number of aryl methyl sites for hydroxylation is 1. The number of nitrogens with one attached hydrogen (secondary N) is 1. The molecule has 1 saturated heterocycles. The van der Waals surface area contributed by atoms with E-state index >= 15 is 0 Å². The molecule has 5 heteroatoms. The Bertz CT molecular complexity index is 454. The first-order valence-electron chi connectivity index (χ1n) is 7.43. The Morgan fingerprint density at radius 3 is 2.90 bits per heavy atom. The highest BCUT2D eigenvalue weighted by Crippen LogP contribution is 2.20. The predicted octanol–water partition coefficient (Wildman–Crippen LogP) is 2.26. The highest BCUT2D eigenvalue weighted by molar-refractivity contribution is 5.85. The zero-order valence-electron chi connectivity index (χ0n) is 12.8. The predicted molar refractivity (Wildman–Crippen MR) is 87.2 cm³/mol. The van der Waals surface area contributed by atoms with Gasteiger partial charge < -0.3 is 15.0 Å². The van der Waals surface area contributed by atoms with Crippen LogP contribution in [0.1, 0.15) is 25.8 Å². The van der Waals surface area contributed by atoms with Crippen molar-refractivity contribution in [1.29, 1.82) is 0 Å². The molecule has 0 aliphatic carbocycles. The van der Waals surface area contributed by atoms with E-state index < -0.39 is 0 Å². The summed E-state index contributed by atoms with van der Waals surface area (Å²) in [4.78, 5) is 14.3. The van der Waals surface area contributed by atoms with Crippen LogP contribution in [-0.2, 0) is 11.2 Å². The number of ether oxygens (including phenoxy) is 1. The molecule has 0 unspecified atom stereocenters. The number of hydrogen-bond acceptors (Lipinski definition) is 3. The summed E-state index contributed by atoms with van der Waals surface area (Å²) in [5.41, 5.74) is 1.12. The van der Waals surface area contributed by atoms with Gasteiger partial charge in [-0.15, -0.1) is 12.4 Å². The van der Waals surface area contributed by atoms with Crippen LogP contribution in [0.4, 0.5) is 0 Å². The largest absolute Gasteiger partial charge is 0.494 e. The smallest absolute Gasteiger partial charge is 0.223 e. The van der Waals surface area contributed by atoms with E-state index in [1.807, 2.05) is 36.1 Å². The summed E-state index contributed by atoms with van der Waals surface area (Å²) < 4.78 is 5.60. The molecule has 1 atom stereocenters. The third-order valence-corrected chi connectivity index (χ3v) is 3.70. The average Bonchev–Trinajstić information content (AvgIpc) is 2.47. The van der Waals surface area contributed by atoms with Crippen LogP contribution in [0.15, 0.2) is 24.3 Å². The van der Waals surface area contributed by atoms with E-state index in [-0.39, 0.29) is 18.3 Å². The molecule has 1 amide bonds. The minimum absolute atomic E-state index is 0. The van der Waals surface area contributed by atoms with Crippen LogP contribution in [0.25, 0.3) is 0 Å². The van der Waals surface area contributed by atoms with Gasteiger partial charge in [-0.2, -0.15) is 0 Å². The Hall–Kier alpha value is -1.26. The zero-order valence-corrected chi connectivity index (χ0v) is 13.6. The van der Waals surface area contributed by atoms with Gasteiger partial charge >= 0.3 is 0 Å². The average molecular weight is 313 g/mol. The topological polar surface area (TPSA) is 41.6 Å². The number of benzene rings is 1. The summed E-state index contributed by atoms with van der Waals surface area (Å²) in [7, 11) is 0. The second-order valence-electron chi connectivity index (χ2n) is 5.18. The van der Waals surface area contributed by atoms with Gasteiger partial charge in [0.05, 0.1) is 6.61 Å². The van der Waals surface area contributed by atoms with E-state index in [0.717, 1.165) is 37.4 Å². The Labute approximate surface area is 133 Å². The summed E-state index contributed by atoms with van der Waals surface area (Å²) in [6.45, 7) is 7.32. The van der Waals surface area contributed by atoms with Crippen molar-refractivity contribution in [2.75, 3.05) is 26.2 Å². The fourth-order valence-corrected chi connectivity index (χ4v) is 2.60. The van der Waals surface area contributed by atoms with Crippen LogP contribution < -0.4 is 10.1 Å². The first-order chi connectivity index (χ1) is 9.72. The van der Waals surface area contributed by atoms with Crippen LogP contribution >= 0.6 is 12.4 Å². The van der Waals surface area contributed by atoms with Gasteiger partial charge in [0.15, 0.2) is 0 Å². The van der Waals surface area contributed by atoms with E-state index in [2.05, 4.69) is 12.2 Å². The normalized spacial score (nSPS) is 18.0. The van der Waals surface area contributed by atoms with Crippen LogP contribution in [0.3, 0.4) is 0 Å². The van der Waals surface area contributed by atoms with Gasteiger partial charge in [-0.25, -0.2) is 0 Å².